The van der Waals surface area contributed by atoms with Gasteiger partial charge in [-0.1, -0.05) is 18.3 Å². The molecule has 0 aromatic carbocycles. The number of nitrogens with one attached hydrogen (secondary N) is 1. The van der Waals surface area contributed by atoms with Gasteiger partial charge in [-0.2, -0.15) is 0 Å². The molecule has 0 bridgehead atoms. The molecule has 3 rings (SSSR count). The van der Waals surface area contributed by atoms with E-state index in [0.29, 0.717) is 10.2 Å². The van der Waals surface area contributed by atoms with E-state index in [1.807, 2.05) is 4.90 Å². The summed E-state index contributed by atoms with van der Waals surface area (Å²) < 4.78 is 23.4. The molecule has 19 heavy (non-hydrogen) atoms. The average Bonchev–Trinajstić information content (AvgIpc) is 2.92. The van der Waals surface area contributed by atoms with Crippen LogP contribution in [0.5, 0.6) is 0 Å². The topological polar surface area (TPSA) is 75.2 Å². The number of aryl methyl sites for hydroxylation is 1. The highest BCUT2D eigenvalue weighted by Crippen LogP contribution is 2.31. The lowest BCUT2D eigenvalue weighted by molar-refractivity contribution is 0.600. The van der Waals surface area contributed by atoms with Crippen LogP contribution in [0.4, 0.5) is 5.13 Å². The Morgan fingerprint density at radius 3 is 3.00 bits per heavy atom. The number of thiocarbonyl (C=S) groups is 1. The Balaban J connectivity index is 1.88. The number of hydrogen-bond donors (Lipinski definition) is 1. The van der Waals surface area contributed by atoms with Crippen molar-refractivity contribution in [1.29, 1.82) is 0 Å². The van der Waals surface area contributed by atoms with E-state index < -0.39 is 9.84 Å². The van der Waals surface area contributed by atoms with E-state index in [4.69, 9.17) is 12.2 Å². The number of fused-ring (bicyclic) bond motifs is 1. The zero-order chi connectivity index (χ0) is 13.6. The standard InChI is InChI=1S/C10H14N4O2S3/c1-2-3-8-12-13-10(18-8)14-7-5-19(15,16)4-6(7)11-9(14)17/h6-7H,2-5H2,1H3,(H,11,17)/t6-,7-/m0/s1. The molecule has 2 saturated heterocycles. The molecule has 1 aromatic rings. The molecule has 2 fully saturated rings. The Bertz CT molecular complexity index is 612. The molecule has 0 amide bonds. The number of anilines is 1. The Labute approximate surface area is 121 Å². The minimum Gasteiger partial charge on any atom is -0.356 e. The van der Waals surface area contributed by atoms with Crippen LogP contribution in [-0.4, -0.2) is 47.3 Å². The van der Waals surface area contributed by atoms with Crippen LogP contribution in [0.1, 0.15) is 18.4 Å². The van der Waals surface area contributed by atoms with E-state index >= 15 is 0 Å². The largest absolute Gasteiger partial charge is 0.356 e. The van der Waals surface area contributed by atoms with Crippen molar-refractivity contribution in [1.82, 2.24) is 15.5 Å². The average molecular weight is 318 g/mol. The summed E-state index contributed by atoms with van der Waals surface area (Å²) in [6, 6.07) is -0.254. The quantitative estimate of drug-likeness (QED) is 0.806. The molecule has 9 heteroatoms. The van der Waals surface area contributed by atoms with Gasteiger partial charge in [-0.25, -0.2) is 8.42 Å². The van der Waals surface area contributed by atoms with Crippen LogP contribution < -0.4 is 10.2 Å². The van der Waals surface area contributed by atoms with Crippen LogP contribution in [0.2, 0.25) is 0 Å². The summed E-state index contributed by atoms with van der Waals surface area (Å²) in [5, 5.41) is 13.6. The molecule has 1 aromatic heterocycles. The molecular formula is C10H14N4O2S3. The molecule has 0 saturated carbocycles. The highest BCUT2D eigenvalue weighted by atomic mass is 32.2. The van der Waals surface area contributed by atoms with Crippen LogP contribution in [0.3, 0.4) is 0 Å². The van der Waals surface area contributed by atoms with E-state index in [1.54, 1.807) is 0 Å². The lowest BCUT2D eigenvalue weighted by Crippen LogP contribution is -2.36. The number of aromatic nitrogens is 2. The SMILES string of the molecule is CCCc1nnc(N2C(=S)N[C@H]3CS(=O)(=O)C[C@@H]32)s1. The molecule has 6 nitrogen and oxygen atoms in total. The summed E-state index contributed by atoms with van der Waals surface area (Å²) in [6.07, 6.45) is 1.90. The first kappa shape index (κ1) is 13.2. The third-order valence-corrected chi connectivity index (χ3v) is 6.32. The van der Waals surface area contributed by atoms with E-state index in [1.165, 1.54) is 11.3 Å². The van der Waals surface area contributed by atoms with Crippen molar-refractivity contribution >= 4 is 43.6 Å². The molecule has 3 heterocycles. The highest BCUT2D eigenvalue weighted by molar-refractivity contribution is 7.91. The molecule has 1 N–H and O–H groups in total. The van der Waals surface area contributed by atoms with Crippen molar-refractivity contribution in [3.05, 3.63) is 5.01 Å². The first-order valence-electron chi connectivity index (χ1n) is 6.12. The highest BCUT2D eigenvalue weighted by Gasteiger charge is 2.48. The van der Waals surface area contributed by atoms with Gasteiger partial charge in [-0.05, 0) is 18.6 Å². The van der Waals surface area contributed by atoms with Gasteiger partial charge >= 0.3 is 0 Å². The summed E-state index contributed by atoms with van der Waals surface area (Å²) in [5.41, 5.74) is 0. The van der Waals surface area contributed by atoms with Crippen LogP contribution in [0.25, 0.3) is 0 Å². The predicted octanol–water partition coefficient (Wildman–Crippen LogP) is 0.351. The Morgan fingerprint density at radius 1 is 1.47 bits per heavy atom. The first-order valence-corrected chi connectivity index (χ1v) is 9.17. The number of sulfone groups is 1. The monoisotopic (exact) mass is 318 g/mol. The number of hydrogen-bond acceptors (Lipinski definition) is 6. The normalized spacial score (nSPS) is 28.5. The molecule has 0 spiro atoms. The third-order valence-electron chi connectivity index (χ3n) is 3.31. The van der Waals surface area contributed by atoms with Crippen LogP contribution >= 0.6 is 23.6 Å². The van der Waals surface area contributed by atoms with Gasteiger partial charge in [0.2, 0.25) is 5.13 Å². The van der Waals surface area contributed by atoms with Gasteiger partial charge in [0.1, 0.15) is 5.01 Å². The molecule has 0 radical (unpaired) electrons. The molecule has 0 aliphatic carbocycles. The summed E-state index contributed by atoms with van der Waals surface area (Å²) >= 11 is 6.77. The molecule has 2 aliphatic heterocycles. The van der Waals surface area contributed by atoms with Gasteiger partial charge < -0.3 is 5.32 Å². The van der Waals surface area contributed by atoms with Crippen molar-refractivity contribution in [3.8, 4) is 0 Å². The maximum Gasteiger partial charge on any atom is 0.214 e. The zero-order valence-electron chi connectivity index (χ0n) is 10.4. The van der Waals surface area contributed by atoms with Gasteiger partial charge in [-0.15, -0.1) is 10.2 Å². The first-order chi connectivity index (χ1) is 9.00. The second kappa shape index (κ2) is 4.64. The van der Waals surface area contributed by atoms with Gasteiger partial charge in [0.25, 0.3) is 0 Å². The molecular weight excluding hydrogens is 304 g/mol. The van der Waals surface area contributed by atoms with Gasteiger partial charge in [0.05, 0.1) is 23.6 Å². The zero-order valence-corrected chi connectivity index (χ0v) is 12.8. The Kier molecular flexibility index (Phi) is 3.22. The van der Waals surface area contributed by atoms with Crippen molar-refractivity contribution in [2.24, 2.45) is 0 Å². The van der Waals surface area contributed by atoms with Crippen LogP contribution in [0.15, 0.2) is 0 Å². The fraction of sp³-hybridized carbons (Fsp3) is 0.700. The maximum atomic E-state index is 11.7. The summed E-state index contributed by atoms with van der Waals surface area (Å²) in [6.45, 7) is 2.09. The van der Waals surface area contributed by atoms with Crippen molar-refractivity contribution < 1.29 is 8.42 Å². The van der Waals surface area contributed by atoms with E-state index in [0.717, 1.165) is 17.8 Å². The third kappa shape index (κ3) is 2.34. The second-order valence-corrected chi connectivity index (χ2v) is 8.38. The van der Waals surface area contributed by atoms with Gasteiger partial charge in [0, 0.05) is 6.42 Å². The molecule has 2 atom stereocenters. The van der Waals surface area contributed by atoms with Crippen molar-refractivity contribution in [2.75, 3.05) is 16.4 Å². The van der Waals surface area contributed by atoms with E-state index in [9.17, 15) is 8.42 Å². The minimum atomic E-state index is -2.98. The van der Waals surface area contributed by atoms with Crippen LogP contribution in [0, 0.1) is 0 Å². The molecule has 0 unspecified atom stereocenters. The predicted molar refractivity (Wildman–Crippen MR) is 78.3 cm³/mol. The van der Waals surface area contributed by atoms with Crippen molar-refractivity contribution in [3.63, 3.8) is 0 Å². The second-order valence-electron chi connectivity index (χ2n) is 4.80. The number of rotatable bonds is 3. The summed E-state index contributed by atoms with van der Waals surface area (Å²) in [5.74, 6) is 0.280. The number of nitrogens with zero attached hydrogens (tertiary/aromatic N) is 3. The van der Waals surface area contributed by atoms with Gasteiger partial charge in [0.15, 0.2) is 14.9 Å². The van der Waals surface area contributed by atoms with E-state index in [-0.39, 0.29) is 23.6 Å². The Morgan fingerprint density at radius 2 is 2.26 bits per heavy atom. The molecule has 2 aliphatic rings. The lowest BCUT2D eigenvalue weighted by Gasteiger charge is -2.18. The fourth-order valence-corrected chi connectivity index (χ4v) is 5.81. The lowest BCUT2D eigenvalue weighted by atomic mass is 10.2. The smallest absolute Gasteiger partial charge is 0.214 e. The molecule has 104 valence electrons. The summed E-state index contributed by atoms with van der Waals surface area (Å²) in [4.78, 5) is 1.82. The van der Waals surface area contributed by atoms with E-state index in [2.05, 4.69) is 22.4 Å². The van der Waals surface area contributed by atoms with Crippen molar-refractivity contribution in [2.45, 2.75) is 31.8 Å². The maximum absolute atomic E-state index is 11.7. The summed E-state index contributed by atoms with van der Waals surface area (Å²) in [7, 11) is -2.98. The van der Waals surface area contributed by atoms with Gasteiger partial charge in [-0.3, -0.25) is 4.90 Å². The van der Waals surface area contributed by atoms with Crippen LogP contribution in [-0.2, 0) is 16.3 Å². The minimum absolute atomic E-state index is 0.115. The fourth-order valence-electron chi connectivity index (χ4n) is 2.49. The Hall–Kier alpha value is -0.800.